The van der Waals surface area contributed by atoms with Crippen LogP contribution in [0.3, 0.4) is 0 Å². The maximum Gasteiger partial charge on any atom is 0.321 e. The van der Waals surface area contributed by atoms with E-state index in [2.05, 4.69) is 54.7 Å². The van der Waals surface area contributed by atoms with Gasteiger partial charge in [0.25, 0.3) is 5.95 Å². The lowest BCUT2D eigenvalue weighted by molar-refractivity contribution is -0.0133. The van der Waals surface area contributed by atoms with Crippen LogP contribution < -0.4 is 15.5 Å². The standard InChI is InChI=1S/C29H36N8OS/c1-18-11-19(2)31-26(30-18)32-27(33-28(38)34-29-15-20-12-21(16-29)14-22(13-20)17-29)37-9-7-36(8-10-37)25-23-5-3-4-6-24(23)39-35-25/h3-6,11,20-22H,7-10,12-17H2,1-2H3,(H2,30,31,32,33,34,38). The molecule has 1 aromatic carbocycles. The average Bonchev–Trinajstić information content (AvgIpc) is 3.31. The van der Waals surface area contributed by atoms with E-state index in [1.807, 2.05) is 19.9 Å². The number of fused-ring (bicyclic) bond motifs is 1. The number of rotatable bonds is 3. The van der Waals surface area contributed by atoms with Crippen LogP contribution in [0, 0.1) is 31.6 Å². The van der Waals surface area contributed by atoms with E-state index in [0.717, 1.165) is 67.3 Å². The molecular weight excluding hydrogens is 508 g/mol. The van der Waals surface area contributed by atoms with E-state index in [4.69, 9.17) is 9.37 Å². The molecule has 9 nitrogen and oxygen atoms in total. The van der Waals surface area contributed by atoms with Crippen LogP contribution in [0.15, 0.2) is 35.3 Å². The number of aliphatic imine (C=N–C) groups is 1. The molecule has 39 heavy (non-hydrogen) atoms. The van der Waals surface area contributed by atoms with Gasteiger partial charge in [0.1, 0.15) is 5.82 Å². The van der Waals surface area contributed by atoms with Crippen LogP contribution in [0.5, 0.6) is 0 Å². The van der Waals surface area contributed by atoms with E-state index in [1.165, 1.54) is 29.3 Å². The minimum absolute atomic E-state index is 0.0647. The molecule has 8 rings (SSSR count). The number of carbonyl (C=O) groups excluding carboxylic acids is 1. The number of anilines is 1. The topological polar surface area (TPSA) is 98.6 Å². The number of aryl methyl sites for hydroxylation is 2. The predicted molar refractivity (Wildman–Crippen MR) is 155 cm³/mol. The number of hydrogen-bond donors (Lipinski definition) is 2. The zero-order valence-corrected chi connectivity index (χ0v) is 23.5. The normalized spacial score (nSPS) is 28.3. The minimum atomic E-state index is -0.159. The Morgan fingerprint density at radius 3 is 2.28 bits per heavy atom. The fourth-order valence-corrected chi connectivity index (χ4v) is 8.69. The third-order valence-corrected chi connectivity index (χ3v) is 9.87. The smallest absolute Gasteiger partial charge is 0.321 e. The molecular formula is C29H36N8OS. The number of nitrogens with one attached hydrogen (secondary N) is 2. The SMILES string of the molecule is Cc1cc(C)nc(/N=C(/NC(=O)NC23CC4CC(CC(C4)C2)C3)N2CCN(c3nsc4ccccc34)CC2)n1. The monoisotopic (exact) mass is 544 g/mol. The van der Waals surface area contributed by atoms with Crippen LogP contribution in [0.2, 0.25) is 0 Å². The van der Waals surface area contributed by atoms with Gasteiger partial charge in [-0.25, -0.2) is 14.8 Å². The summed E-state index contributed by atoms with van der Waals surface area (Å²) in [5.41, 5.74) is 1.66. The molecule has 3 heterocycles. The second kappa shape index (κ2) is 9.73. The molecule has 5 fully saturated rings. The second-order valence-electron chi connectivity index (χ2n) is 12.1. The van der Waals surface area contributed by atoms with Crippen LogP contribution in [0.25, 0.3) is 10.1 Å². The minimum Gasteiger partial charge on any atom is -0.352 e. The lowest BCUT2D eigenvalue weighted by atomic mass is 9.53. The molecule has 0 atom stereocenters. The summed E-state index contributed by atoms with van der Waals surface area (Å²) < 4.78 is 5.95. The lowest BCUT2D eigenvalue weighted by Gasteiger charge is -2.56. The molecule has 2 amide bonds. The van der Waals surface area contributed by atoms with Crippen LogP contribution in [0.4, 0.5) is 16.6 Å². The summed E-state index contributed by atoms with van der Waals surface area (Å²) in [6.07, 6.45) is 7.37. The van der Waals surface area contributed by atoms with Gasteiger partial charge < -0.3 is 15.1 Å². The number of guanidine groups is 1. The molecule has 0 spiro atoms. The number of nitrogens with zero attached hydrogens (tertiary/aromatic N) is 6. The van der Waals surface area contributed by atoms with E-state index < -0.39 is 0 Å². The van der Waals surface area contributed by atoms with Crippen LogP contribution in [-0.2, 0) is 0 Å². The Morgan fingerprint density at radius 1 is 0.974 bits per heavy atom. The molecule has 204 valence electrons. The third kappa shape index (κ3) is 4.95. The largest absolute Gasteiger partial charge is 0.352 e. The third-order valence-electron chi connectivity index (χ3n) is 9.06. The Bertz CT molecular complexity index is 1370. The van der Waals surface area contributed by atoms with Gasteiger partial charge in [0, 0.05) is 48.5 Å². The first kappa shape index (κ1) is 24.7. The van der Waals surface area contributed by atoms with Crippen LogP contribution in [-0.4, -0.2) is 63.0 Å². The summed E-state index contributed by atoms with van der Waals surface area (Å²) in [7, 11) is 0. The van der Waals surface area contributed by atoms with E-state index in [9.17, 15) is 4.79 Å². The van der Waals surface area contributed by atoms with Crippen molar-refractivity contribution in [3.05, 3.63) is 41.7 Å². The van der Waals surface area contributed by atoms with Crippen LogP contribution >= 0.6 is 11.5 Å². The Balaban J connectivity index is 1.10. The van der Waals surface area contributed by atoms with Crippen molar-refractivity contribution in [2.45, 2.75) is 57.9 Å². The van der Waals surface area contributed by atoms with E-state index in [0.29, 0.717) is 25.0 Å². The summed E-state index contributed by atoms with van der Waals surface area (Å²) in [5, 5.41) is 7.77. The van der Waals surface area contributed by atoms with Gasteiger partial charge in [-0.1, -0.05) is 12.1 Å². The number of amides is 2. The summed E-state index contributed by atoms with van der Waals surface area (Å²) in [4.78, 5) is 31.8. The van der Waals surface area contributed by atoms with Gasteiger partial charge in [-0.15, -0.1) is 0 Å². The highest BCUT2D eigenvalue weighted by Gasteiger charge is 2.51. The van der Waals surface area contributed by atoms with Crippen molar-refractivity contribution in [1.82, 2.24) is 29.9 Å². The van der Waals surface area contributed by atoms with E-state index in [1.54, 1.807) is 11.5 Å². The molecule has 0 radical (unpaired) electrons. The van der Waals surface area contributed by atoms with Gasteiger partial charge in [-0.3, -0.25) is 5.32 Å². The first-order valence-electron chi connectivity index (χ1n) is 14.3. The van der Waals surface area contributed by atoms with Crippen molar-refractivity contribution in [1.29, 1.82) is 0 Å². The highest BCUT2D eigenvalue weighted by Crippen LogP contribution is 2.55. The first-order chi connectivity index (χ1) is 18.9. The summed E-state index contributed by atoms with van der Waals surface area (Å²) in [6, 6.07) is 10.2. The summed E-state index contributed by atoms with van der Waals surface area (Å²) >= 11 is 1.54. The van der Waals surface area contributed by atoms with E-state index >= 15 is 0 Å². The van der Waals surface area contributed by atoms with Crippen molar-refractivity contribution in [3.63, 3.8) is 0 Å². The van der Waals surface area contributed by atoms with Gasteiger partial charge in [-0.05, 0) is 99.9 Å². The predicted octanol–water partition coefficient (Wildman–Crippen LogP) is 4.78. The highest BCUT2D eigenvalue weighted by atomic mass is 32.1. The molecule has 1 saturated heterocycles. The molecule has 1 aliphatic heterocycles. The number of piperazine rings is 1. The number of hydrogen-bond acceptors (Lipinski definition) is 7. The van der Waals surface area contributed by atoms with Crippen molar-refractivity contribution >= 4 is 45.4 Å². The zero-order valence-electron chi connectivity index (χ0n) is 22.7. The van der Waals surface area contributed by atoms with Crippen molar-refractivity contribution in [2.24, 2.45) is 22.7 Å². The number of benzene rings is 1. The quantitative estimate of drug-likeness (QED) is 0.364. The molecule has 4 saturated carbocycles. The lowest BCUT2D eigenvalue weighted by Crippen LogP contribution is -2.63. The fourth-order valence-electron chi connectivity index (χ4n) is 7.90. The van der Waals surface area contributed by atoms with Crippen molar-refractivity contribution < 1.29 is 4.79 Å². The van der Waals surface area contributed by atoms with Crippen LogP contribution in [0.1, 0.15) is 49.9 Å². The van der Waals surface area contributed by atoms with Gasteiger partial charge in [-0.2, -0.15) is 9.37 Å². The fraction of sp³-hybridized carbons (Fsp3) is 0.552. The highest BCUT2D eigenvalue weighted by molar-refractivity contribution is 7.13. The number of aromatic nitrogens is 3. The molecule has 2 N–H and O–H groups in total. The Labute approximate surface area is 233 Å². The van der Waals surface area contributed by atoms with Gasteiger partial charge in [0.15, 0.2) is 0 Å². The summed E-state index contributed by atoms with van der Waals surface area (Å²) in [6.45, 7) is 6.90. The average molecular weight is 545 g/mol. The van der Waals surface area contributed by atoms with Gasteiger partial charge >= 0.3 is 6.03 Å². The van der Waals surface area contributed by atoms with Gasteiger partial charge in [0.2, 0.25) is 5.96 Å². The maximum atomic E-state index is 13.5. The Kier molecular flexibility index (Phi) is 6.17. The zero-order chi connectivity index (χ0) is 26.6. The van der Waals surface area contributed by atoms with Gasteiger partial charge in [0.05, 0.1) is 4.70 Å². The molecule has 5 aliphatic rings. The number of carbonyl (C=O) groups is 1. The Hall–Kier alpha value is -3.27. The first-order valence-corrected chi connectivity index (χ1v) is 15.0. The van der Waals surface area contributed by atoms with Crippen molar-refractivity contribution in [2.75, 3.05) is 31.1 Å². The Morgan fingerprint density at radius 2 is 1.62 bits per heavy atom. The second-order valence-corrected chi connectivity index (χ2v) is 12.9. The maximum absolute atomic E-state index is 13.5. The molecule has 4 aliphatic carbocycles. The summed E-state index contributed by atoms with van der Waals surface area (Å²) in [5.74, 6) is 4.24. The number of urea groups is 1. The van der Waals surface area contributed by atoms with Crippen molar-refractivity contribution in [3.8, 4) is 0 Å². The molecule has 4 bridgehead atoms. The molecule has 2 aromatic heterocycles. The van der Waals surface area contributed by atoms with E-state index in [-0.39, 0.29) is 11.6 Å². The molecule has 0 unspecified atom stereocenters. The molecule has 10 heteroatoms. The molecule has 3 aromatic rings.